The first kappa shape index (κ1) is 61.0. The zero-order valence-corrected chi connectivity index (χ0v) is 56.5. The van der Waals surface area contributed by atoms with Crippen LogP contribution in [0.15, 0.2) is 84.9 Å². The maximum atomic E-state index is 6.72. The summed E-state index contributed by atoms with van der Waals surface area (Å²) in [5, 5.41) is 2.91. The van der Waals surface area contributed by atoms with Crippen LogP contribution in [0.5, 0.6) is 46.0 Å². The van der Waals surface area contributed by atoms with Crippen LogP contribution in [0.25, 0.3) is 89.7 Å². The third-order valence-corrected chi connectivity index (χ3v) is 18.0. The summed E-state index contributed by atoms with van der Waals surface area (Å²) in [6.07, 6.45) is 3.91. The molecular weight excluding hydrogens is 1170 g/mol. The molecule has 89 heavy (non-hydrogen) atoms. The molecule has 10 bridgehead atoms. The molecule has 17 heteroatoms. The first-order chi connectivity index (χ1) is 42.6. The van der Waals surface area contributed by atoms with E-state index < -0.39 is 0 Å². The molecule has 5 aliphatic rings. The van der Waals surface area contributed by atoms with Gasteiger partial charge in [0.25, 0.3) is 0 Å². The molecule has 0 N–H and O–H groups in total. The standard InChI is InChI=1S/C72H76N8O8.Zn/c1-15-35(7)83-55-29-47-49(31-57(55)85-37(9)17-3)69-76-67(47)74-65-45-27-43-44(62-42-24-22-21-23-41(42)61(43)63-53(81-13)25-26-54(82-14)64(62)63)28-46(45)66(73-65)75-68-48-30-56(84-36(8)16-2)58(86-38(10)18-4)32-50(48)70(77-68)79-72-52-34-60(88-40(12)20-6)59(87-39(11)19-5)33-51(52)71(78-69)80-72;/h21-40,61-62H,15-20H2,1-14H3;/q-2;+2/t35?,36?,37?,38?,39?,40?,61-,62+;. The summed E-state index contributed by atoms with van der Waals surface area (Å²) in [5.74, 6) is 6.09. The summed E-state index contributed by atoms with van der Waals surface area (Å²) in [5.41, 5.74) is 11.1. The van der Waals surface area contributed by atoms with E-state index in [1.165, 1.54) is 11.1 Å². The Kier molecular flexibility index (Phi) is 16.8. The molecule has 16 nitrogen and oxygen atoms in total. The van der Waals surface area contributed by atoms with Gasteiger partial charge in [-0.05, 0) is 185 Å². The minimum atomic E-state index is -0.205. The summed E-state index contributed by atoms with van der Waals surface area (Å²) < 4.78 is 52.7. The molecule has 0 spiro atoms. The van der Waals surface area contributed by atoms with Crippen molar-refractivity contribution in [2.45, 2.75) is 170 Å². The van der Waals surface area contributed by atoms with Crippen LogP contribution in [0.4, 0.5) is 0 Å². The molecule has 3 aromatic heterocycles. The summed E-state index contributed by atoms with van der Waals surface area (Å²) in [7, 11) is 3.47. The van der Waals surface area contributed by atoms with Crippen molar-refractivity contribution in [1.82, 2.24) is 39.9 Å². The van der Waals surface area contributed by atoms with Gasteiger partial charge in [-0.1, -0.05) is 65.8 Å². The van der Waals surface area contributed by atoms with E-state index in [-0.39, 0.29) is 67.9 Å². The Labute approximate surface area is 532 Å². The zero-order valence-electron chi connectivity index (χ0n) is 53.5. The zero-order chi connectivity index (χ0) is 61.4. The van der Waals surface area contributed by atoms with Gasteiger partial charge in [-0.25, -0.2) is 9.97 Å². The number of nitrogens with zero attached hydrogens (tertiary/aromatic N) is 8. The molecule has 6 aromatic carbocycles. The first-order valence-electron chi connectivity index (χ1n) is 31.4. The van der Waals surface area contributed by atoms with E-state index in [0.29, 0.717) is 113 Å². The number of ether oxygens (including phenoxy) is 8. The maximum Gasteiger partial charge on any atom is 2.00 e. The van der Waals surface area contributed by atoms with Crippen molar-refractivity contribution in [2.75, 3.05) is 14.2 Å². The number of fused-ring (bicyclic) bond motifs is 20. The van der Waals surface area contributed by atoms with Crippen molar-refractivity contribution < 1.29 is 57.4 Å². The van der Waals surface area contributed by atoms with Gasteiger partial charge in [0.15, 0.2) is 34.5 Å². The van der Waals surface area contributed by atoms with Gasteiger partial charge in [0.1, 0.15) is 11.5 Å². The molecule has 0 saturated heterocycles. The molecule has 0 fully saturated rings. The van der Waals surface area contributed by atoms with Crippen molar-refractivity contribution in [3.63, 3.8) is 0 Å². The van der Waals surface area contributed by atoms with E-state index in [2.05, 4.69) is 119 Å². The Balaban J connectivity index is 0.00000769. The van der Waals surface area contributed by atoms with Crippen LogP contribution in [0.3, 0.4) is 0 Å². The van der Waals surface area contributed by atoms with Gasteiger partial charge in [0, 0.05) is 67.8 Å². The molecule has 2 aliphatic heterocycles. The molecular formula is C72H76N8O8Zn. The normalized spacial score (nSPS) is 16.1. The molecule has 8 atom stereocenters. The van der Waals surface area contributed by atoms with Crippen LogP contribution in [0.1, 0.15) is 167 Å². The number of methoxy groups -OCH3 is 2. The summed E-state index contributed by atoms with van der Waals surface area (Å²) in [6, 6.07) is 29.1. The number of aromatic nitrogens is 8. The van der Waals surface area contributed by atoms with Gasteiger partial charge < -0.3 is 67.8 Å². The predicted molar refractivity (Wildman–Crippen MR) is 344 cm³/mol. The number of hydrogen-bond donors (Lipinski definition) is 0. The van der Waals surface area contributed by atoms with Gasteiger partial charge in [0.05, 0.1) is 74.1 Å². The second-order valence-corrected chi connectivity index (χ2v) is 23.9. The average Bonchev–Trinajstić information content (AvgIpc) is 1.02. The Morgan fingerprint density at radius 3 is 0.854 bits per heavy atom. The number of benzene rings is 6. The first-order valence-corrected chi connectivity index (χ1v) is 31.4. The molecule has 9 aromatic rings. The SMILES string of the molecule is CCC(C)Oc1cc2c(cc1OC(C)CC)-c1nc-2nc2[n-]c(nc3nc(nc4[n-]c(n1)c1cc5c(cc41)[C@@H]1c4ccccc4[C@H]5c4c(OC)ccc(OC)c41)-c1cc(OC(C)CC)c(OC(C)CC)cc1-3)c1cc(OC(C)CC)c(OC(C)CC)cc21.[Zn+2]. The summed E-state index contributed by atoms with van der Waals surface area (Å²) in [6.45, 7) is 24.9. The van der Waals surface area contributed by atoms with E-state index in [9.17, 15) is 0 Å². The van der Waals surface area contributed by atoms with Crippen LogP contribution in [0, 0.1) is 0 Å². The Morgan fingerprint density at radius 1 is 0.337 bits per heavy atom. The Morgan fingerprint density at radius 2 is 0.596 bits per heavy atom. The smallest absolute Gasteiger partial charge is 0.496 e. The quantitative estimate of drug-likeness (QED) is 0.0657. The summed E-state index contributed by atoms with van der Waals surface area (Å²) in [4.78, 5) is 43.6. The van der Waals surface area contributed by atoms with Gasteiger partial charge in [-0.2, -0.15) is 0 Å². The van der Waals surface area contributed by atoms with Crippen molar-refractivity contribution in [3.8, 4) is 91.5 Å². The fourth-order valence-corrected chi connectivity index (χ4v) is 12.2. The average molecular weight is 1250 g/mol. The third-order valence-electron chi connectivity index (χ3n) is 18.0. The van der Waals surface area contributed by atoms with E-state index in [1.807, 2.05) is 48.5 Å². The second-order valence-electron chi connectivity index (χ2n) is 23.9. The fraction of sp³-hybridized carbons (Fsp3) is 0.389. The minimum Gasteiger partial charge on any atom is -0.496 e. The Hall–Kier alpha value is -8.30. The molecule has 0 amide bonds. The number of rotatable bonds is 20. The van der Waals surface area contributed by atoms with E-state index in [0.717, 1.165) is 83.1 Å². The third kappa shape index (κ3) is 10.7. The van der Waals surface area contributed by atoms with Crippen molar-refractivity contribution >= 4 is 44.1 Å². The van der Waals surface area contributed by atoms with E-state index in [1.54, 1.807) is 14.2 Å². The van der Waals surface area contributed by atoms with Crippen LogP contribution in [0.2, 0.25) is 0 Å². The Bertz CT molecular complexity index is 4140. The van der Waals surface area contributed by atoms with Crippen LogP contribution >= 0.6 is 0 Å². The van der Waals surface area contributed by atoms with Crippen molar-refractivity contribution in [1.29, 1.82) is 0 Å². The van der Waals surface area contributed by atoms with Gasteiger partial charge >= 0.3 is 19.5 Å². The largest absolute Gasteiger partial charge is 2.00 e. The van der Waals surface area contributed by atoms with Crippen LogP contribution in [-0.4, -0.2) is 80.7 Å². The predicted octanol–water partition coefficient (Wildman–Crippen LogP) is 16.2. The molecule has 14 rings (SSSR count). The second kappa shape index (κ2) is 24.6. The molecule has 5 heterocycles. The molecule has 0 saturated carbocycles. The van der Waals surface area contributed by atoms with Crippen molar-refractivity contribution in [2.24, 2.45) is 0 Å². The number of hydrogen-bond acceptors (Lipinski definition) is 14. The maximum absolute atomic E-state index is 6.72. The van der Waals surface area contributed by atoms with Crippen molar-refractivity contribution in [3.05, 3.63) is 118 Å². The molecule has 0 radical (unpaired) electrons. The van der Waals surface area contributed by atoms with E-state index in [4.69, 9.17) is 77.8 Å². The van der Waals surface area contributed by atoms with Gasteiger partial charge in [-0.3, -0.25) is 0 Å². The van der Waals surface area contributed by atoms with Crippen LogP contribution in [-0.2, 0) is 19.5 Å². The van der Waals surface area contributed by atoms with Gasteiger partial charge in [0.2, 0.25) is 0 Å². The molecule has 454 valence electrons. The van der Waals surface area contributed by atoms with Gasteiger partial charge in [-0.15, -0.1) is 0 Å². The topological polar surface area (TPSA) is 179 Å². The summed E-state index contributed by atoms with van der Waals surface area (Å²) >= 11 is 0. The fourth-order valence-electron chi connectivity index (χ4n) is 12.2. The van der Waals surface area contributed by atoms with Crippen LogP contribution < -0.4 is 47.9 Å². The molecule has 6 unspecified atom stereocenters. The molecule has 3 aliphatic carbocycles. The van der Waals surface area contributed by atoms with E-state index >= 15 is 0 Å². The minimum absolute atomic E-state index is 0. The monoisotopic (exact) mass is 1240 g/mol.